The molecule has 0 amide bonds. The van der Waals surface area contributed by atoms with Gasteiger partial charge in [0, 0.05) is 6.54 Å². The van der Waals surface area contributed by atoms with Gasteiger partial charge < -0.3 is 4.74 Å². The Hall–Kier alpha value is -1.05. The molecule has 13 heavy (non-hydrogen) atoms. The second-order valence-corrected chi connectivity index (χ2v) is 3.49. The molecule has 3 rings (SSSR count). The van der Waals surface area contributed by atoms with Crippen LogP contribution in [0, 0.1) is 0 Å². The molecule has 0 aromatic rings. The first kappa shape index (κ1) is 7.36. The van der Waals surface area contributed by atoms with Crippen molar-refractivity contribution in [3.63, 3.8) is 0 Å². The fraction of sp³-hybridized carbons (Fsp3) is 0.500. The average molecular weight is 197 g/mol. The molecule has 1 unspecified atom stereocenters. The third-order valence-electron chi connectivity index (χ3n) is 1.87. The van der Waals surface area contributed by atoms with Gasteiger partial charge >= 0.3 is 0 Å². The lowest BCUT2D eigenvalue weighted by Gasteiger charge is -2.02. The van der Waals surface area contributed by atoms with E-state index < -0.39 is 0 Å². The van der Waals surface area contributed by atoms with E-state index >= 15 is 0 Å². The zero-order chi connectivity index (χ0) is 8.67. The Morgan fingerprint density at radius 2 is 2.46 bits per heavy atom. The summed E-state index contributed by atoms with van der Waals surface area (Å²) < 4.78 is 8.11. The number of hydrogen-bond acceptors (Lipinski definition) is 6. The van der Waals surface area contributed by atoms with Crippen molar-refractivity contribution in [3.8, 4) is 10.8 Å². The fourth-order valence-electron chi connectivity index (χ4n) is 1.29. The second kappa shape index (κ2) is 2.72. The Labute approximate surface area is 77.8 Å². The minimum Gasteiger partial charge on any atom is -0.354 e. The molecule has 0 aromatic carbocycles. The smallest absolute Gasteiger partial charge is 0.212 e. The Kier molecular flexibility index (Phi) is 1.54. The van der Waals surface area contributed by atoms with Crippen LogP contribution in [-0.2, 0) is 4.74 Å². The molecule has 0 bridgehead atoms. The van der Waals surface area contributed by atoms with E-state index in [2.05, 4.69) is 24.9 Å². The largest absolute Gasteiger partial charge is 0.354 e. The van der Waals surface area contributed by atoms with Gasteiger partial charge in [-0.2, -0.15) is 0 Å². The molecular formula is C6H7N5OS. The topological polar surface area (TPSA) is 75.7 Å². The molecule has 1 saturated heterocycles. The number of aromatic nitrogens is 4. The summed E-state index contributed by atoms with van der Waals surface area (Å²) in [6, 6.07) is 0. The van der Waals surface area contributed by atoms with Gasteiger partial charge in [-0.15, -0.1) is 5.10 Å². The van der Waals surface area contributed by atoms with Crippen molar-refractivity contribution in [1.29, 1.82) is 0 Å². The number of hydrogen-bond donors (Lipinski definition) is 2. The third kappa shape index (κ3) is 1.12. The summed E-state index contributed by atoms with van der Waals surface area (Å²) in [6.07, 6.45) is -0.151. The van der Waals surface area contributed by atoms with Crippen LogP contribution < -0.4 is 5.32 Å². The summed E-state index contributed by atoms with van der Waals surface area (Å²) in [5.74, 6) is 1.34. The molecule has 3 aliphatic rings. The Morgan fingerprint density at radius 3 is 3.23 bits per heavy atom. The summed E-state index contributed by atoms with van der Waals surface area (Å²) in [7, 11) is 0. The summed E-state index contributed by atoms with van der Waals surface area (Å²) in [6.45, 7) is 1.57. The third-order valence-corrected chi connectivity index (χ3v) is 2.52. The van der Waals surface area contributed by atoms with Crippen LogP contribution in [0.2, 0.25) is 0 Å². The number of nitrogens with zero attached hydrogens (tertiary/aromatic N) is 3. The highest BCUT2D eigenvalue weighted by atomic mass is 32.1. The van der Waals surface area contributed by atoms with Gasteiger partial charge in [-0.1, -0.05) is 0 Å². The Bertz CT molecular complexity index is 353. The number of H-pyrrole nitrogens is 1. The summed E-state index contributed by atoms with van der Waals surface area (Å²) in [5, 5.41) is 7.92. The van der Waals surface area contributed by atoms with E-state index in [0.717, 1.165) is 11.6 Å². The summed E-state index contributed by atoms with van der Waals surface area (Å²) in [5.41, 5.74) is 0. The first-order chi connectivity index (χ1) is 6.43. The second-order valence-electron chi connectivity index (χ2n) is 2.72. The first-order valence-corrected chi connectivity index (χ1v) is 4.77. The molecule has 6 nitrogen and oxygen atoms in total. The Morgan fingerprint density at radius 1 is 1.46 bits per heavy atom. The van der Waals surface area contributed by atoms with Gasteiger partial charge in [0.15, 0.2) is 17.1 Å². The fourth-order valence-corrected chi connectivity index (χ4v) is 1.84. The molecular weight excluding hydrogens is 190 g/mol. The van der Waals surface area contributed by atoms with Crippen LogP contribution in [0.5, 0.6) is 0 Å². The van der Waals surface area contributed by atoms with Crippen molar-refractivity contribution < 1.29 is 4.74 Å². The van der Waals surface area contributed by atoms with Crippen LogP contribution in [0.4, 0.5) is 0 Å². The maximum absolute atomic E-state index is 5.37. The predicted molar refractivity (Wildman–Crippen MR) is 45.4 cm³/mol. The normalized spacial score (nSPS) is 22.9. The van der Waals surface area contributed by atoms with E-state index in [0.29, 0.717) is 18.3 Å². The van der Waals surface area contributed by atoms with Gasteiger partial charge in [-0.05, 0) is 11.5 Å². The van der Waals surface area contributed by atoms with Crippen LogP contribution in [0.25, 0.3) is 10.8 Å². The minimum atomic E-state index is -0.151. The lowest BCUT2D eigenvalue weighted by atomic mass is 10.5. The number of imidazole rings is 1. The van der Waals surface area contributed by atoms with Gasteiger partial charge in [0.05, 0.1) is 6.61 Å². The van der Waals surface area contributed by atoms with E-state index in [1.807, 2.05) is 0 Å². The quantitative estimate of drug-likeness (QED) is 0.672. The van der Waals surface area contributed by atoms with Crippen molar-refractivity contribution in [2.75, 3.05) is 13.2 Å². The van der Waals surface area contributed by atoms with Crippen molar-refractivity contribution in [3.05, 3.63) is 5.82 Å². The maximum Gasteiger partial charge on any atom is 0.212 e. The molecule has 3 aliphatic heterocycles. The highest BCUT2D eigenvalue weighted by Gasteiger charge is 2.24. The molecule has 0 radical (unpaired) electrons. The monoisotopic (exact) mass is 197 g/mol. The molecule has 7 heteroatoms. The van der Waals surface area contributed by atoms with E-state index in [4.69, 9.17) is 4.74 Å². The Balaban J connectivity index is 1.99. The van der Waals surface area contributed by atoms with Crippen LogP contribution in [-0.4, -0.2) is 32.7 Å². The standard InChI is InChI=1S/C6H7N5OS/c1-2-12-5(7-1)3-8-4-6(9-3)13-11-10-4/h5,7,11H,1-2H2. The molecule has 3 heterocycles. The number of rotatable bonds is 1. The number of aromatic amines is 1. The van der Waals surface area contributed by atoms with E-state index in [9.17, 15) is 0 Å². The number of nitrogens with one attached hydrogen (secondary N) is 2. The van der Waals surface area contributed by atoms with Crippen LogP contribution in [0.3, 0.4) is 0 Å². The first-order valence-electron chi connectivity index (χ1n) is 3.96. The molecule has 1 atom stereocenters. The molecule has 0 aliphatic carbocycles. The van der Waals surface area contributed by atoms with Crippen LogP contribution in [0.15, 0.2) is 0 Å². The maximum atomic E-state index is 5.37. The van der Waals surface area contributed by atoms with Gasteiger partial charge in [-0.3, -0.25) is 5.32 Å². The average Bonchev–Trinajstić information content (AvgIpc) is 2.78. The number of fused-ring (bicyclic) bond motifs is 1. The highest BCUT2D eigenvalue weighted by molar-refractivity contribution is 7.09. The van der Waals surface area contributed by atoms with Gasteiger partial charge in [-0.25, -0.2) is 14.5 Å². The molecule has 0 saturated carbocycles. The van der Waals surface area contributed by atoms with Crippen molar-refractivity contribution in [1.82, 2.24) is 24.9 Å². The zero-order valence-electron chi connectivity index (χ0n) is 6.65. The van der Waals surface area contributed by atoms with Crippen molar-refractivity contribution in [2.45, 2.75) is 6.23 Å². The van der Waals surface area contributed by atoms with Crippen LogP contribution in [0.1, 0.15) is 12.1 Å². The minimum absolute atomic E-state index is 0.151. The van der Waals surface area contributed by atoms with Crippen LogP contribution >= 0.6 is 11.5 Å². The van der Waals surface area contributed by atoms with Crippen molar-refractivity contribution in [2.24, 2.45) is 0 Å². The lowest BCUT2D eigenvalue weighted by Crippen LogP contribution is -2.15. The van der Waals surface area contributed by atoms with E-state index in [-0.39, 0.29) is 6.23 Å². The van der Waals surface area contributed by atoms with Gasteiger partial charge in [0.1, 0.15) is 0 Å². The van der Waals surface area contributed by atoms with Gasteiger partial charge in [0.25, 0.3) is 0 Å². The predicted octanol–water partition coefficient (Wildman–Crippen LogP) is -0.0156. The molecule has 1 fully saturated rings. The molecule has 0 aromatic heterocycles. The lowest BCUT2D eigenvalue weighted by molar-refractivity contribution is 0.0956. The summed E-state index contributed by atoms with van der Waals surface area (Å²) in [4.78, 5) is 8.51. The zero-order valence-corrected chi connectivity index (χ0v) is 7.47. The highest BCUT2D eigenvalue weighted by Crippen LogP contribution is 2.23. The van der Waals surface area contributed by atoms with Crippen molar-refractivity contribution >= 4 is 11.5 Å². The SMILES string of the molecule is C1COC(c2nc3n[nH]sc-3n2)N1. The van der Waals surface area contributed by atoms with E-state index in [1.54, 1.807) is 0 Å². The molecule has 0 spiro atoms. The van der Waals surface area contributed by atoms with Gasteiger partial charge in [0.2, 0.25) is 5.82 Å². The van der Waals surface area contributed by atoms with E-state index in [1.165, 1.54) is 11.5 Å². The number of ether oxygens (including phenoxy) is 1. The molecule has 68 valence electrons. The molecule has 2 N–H and O–H groups in total. The summed E-state index contributed by atoms with van der Waals surface area (Å²) >= 11 is 1.37.